The van der Waals surface area contributed by atoms with E-state index >= 15 is 0 Å². The Bertz CT molecular complexity index is 262. The zero-order chi connectivity index (χ0) is 11.5. The van der Waals surface area contributed by atoms with E-state index in [1.807, 2.05) is 6.26 Å². The van der Waals surface area contributed by atoms with Crippen LogP contribution in [0.15, 0.2) is 0 Å². The maximum absolute atomic E-state index is 11.6. The minimum atomic E-state index is 0.0413. The Morgan fingerprint density at radius 3 is 3.19 bits per heavy atom. The molecule has 2 fully saturated rings. The number of nitrogens with two attached hydrogens (primary N) is 1. The van der Waals surface area contributed by atoms with Gasteiger partial charge in [-0.1, -0.05) is 0 Å². The van der Waals surface area contributed by atoms with Crippen molar-refractivity contribution in [2.45, 2.75) is 37.5 Å². The van der Waals surface area contributed by atoms with Crippen LogP contribution < -0.4 is 11.1 Å². The van der Waals surface area contributed by atoms with E-state index < -0.39 is 0 Å². The number of rotatable bonds is 4. The Labute approximate surface area is 101 Å². The molecule has 0 aromatic heterocycles. The standard InChI is InChI=1S/C11H20N2O2S/c1-16-6-4-8(14)13-10-9(12)7-3-2-5-15-11(7)10/h7,9-11H,2-6,12H2,1H3,(H,13,14). The highest BCUT2D eigenvalue weighted by molar-refractivity contribution is 7.98. The van der Waals surface area contributed by atoms with Gasteiger partial charge >= 0.3 is 0 Å². The van der Waals surface area contributed by atoms with Gasteiger partial charge in [-0.2, -0.15) is 11.8 Å². The van der Waals surface area contributed by atoms with E-state index in [9.17, 15) is 4.79 Å². The highest BCUT2D eigenvalue weighted by Crippen LogP contribution is 2.36. The molecule has 1 saturated carbocycles. The number of thioether (sulfide) groups is 1. The molecule has 92 valence electrons. The second kappa shape index (κ2) is 5.38. The first-order valence-electron chi connectivity index (χ1n) is 5.89. The molecule has 1 heterocycles. The molecule has 2 rings (SSSR count). The predicted molar refractivity (Wildman–Crippen MR) is 65.4 cm³/mol. The van der Waals surface area contributed by atoms with Crippen molar-refractivity contribution in [1.29, 1.82) is 0 Å². The number of ether oxygens (including phenoxy) is 1. The molecule has 3 N–H and O–H groups in total. The predicted octanol–water partition coefficient (Wildman–Crippen LogP) is 0.360. The number of nitrogens with one attached hydrogen (secondary N) is 1. The van der Waals surface area contributed by atoms with Crippen LogP contribution in [0.25, 0.3) is 0 Å². The van der Waals surface area contributed by atoms with Gasteiger partial charge in [0.25, 0.3) is 0 Å². The van der Waals surface area contributed by atoms with E-state index in [-0.39, 0.29) is 24.1 Å². The summed E-state index contributed by atoms with van der Waals surface area (Å²) < 4.78 is 5.67. The van der Waals surface area contributed by atoms with Crippen molar-refractivity contribution < 1.29 is 9.53 Å². The average Bonchev–Trinajstić information content (AvgIpc) is 2.33. The third kappa shape index (κ3) is 2.36. The molecule has 4 atom stereocenters. The Hall–Kier alpha value is -0.260. The summed E-state index contributed by atoms with van der Waals surface area (Å²) in [6.45, 7) is 0.811. The minimum Gasteiger partial charge on any atom is -0.376 e. The van der Waals surface area contributed by atoms with Crippen LogP contribution in [0.1, 0.15) is 19.3 Å². The Morgan fingerprint density at radius 2 is 2.44 bits per heavy atom. The molecule has 16 heavy (non-hydrogen) atoms. The van der Waals surface area contributed by atoms with Crippen LogP contribution in [0.5, 0.6) is 0 Å². The molecule has 4 nitrogen and oxygen atoms in total. The first kappa shape index (κ1) is 12.2. The number of amides is 1. The molecule has 1 amide bonds. The molecule has 0 aromatic carbocycles. The quantitative estimate of drug-likeness (QED) is 0.749. The molecule has 1 aliphatic carbocycles. The van der Waals surface area contributed by atoms with Gasteiger partial charge < -0.3 is 15.8 Å². The number of carbonyl (C=O) groups excluding carboxylic acids is 1. The second-order valence-corrected chi connectivity index (χ2v) is 5.54. The number of hydrogen-bond donors (Lipinski definition) is 2. The number of carbonyl (C=O) groups is 1. The van der Waals surface area contributed by atoms with Gasteiger partial charge in [0.2, 0.25) is 5.91 Å². The average molecular weight is 244 g/mol. The molecule has 1 saturated heterocycles. The molecule has 2 aliphatic rings. The summed E-state index contributed by atoms with van der Waals surface area (Å²) in [5, 5.41) is 3.00. The molecule has 0 spiro atoms. The fourth-order valence-corrected chi connectivity index (χ4v) is 2.97. The van der Waals surface area contributed by atoms with Gasteiger partial charge in [-0.3, -0.25) is 4.79 Å². The SMILES string of the molecule is CSCCC(=O)NC1C(N)C2CCCOC21. The second-order valence-electron chi connectivity index (χ2n) is 4.55. The van der Waals surface area contributed by atoms with Crippen molar-refractivity contribution in [3.63, 3.8) is 0 Å². The van der Waals surface area contributed by atoms with Crippen molar-refractivity contribution in [2.75, 3.05) is 18.6 Å². The minimum absolute atomic E-state index is 0.0413. The zero-order valence-corrected chi connectivity index (χ0v) is 10.5. The van der Waals surface area contributed by atoms with Gasteiger partial charge in [0.05, 0.1) is 12.1 Å². The van der Waals surface area contributed by atoms with Crippen molar-refractivity contribution >= 4 is 17.7 Å². The first-order chi connectivity index (χ1) is 7.74. The maximum atomic E-state index is 11.6. The molecule has 0 aromatic rings. The van der Waals surface area contributed by atoms with Crippen LogP contribution in [-0.4, -0.2) is 42.7 Å². The van der Waals surface area contributed by atoms with Gasteiger partial charge in [-0.25, -0.2) is 0 Å². The van der Waals surface area contributed by atoms with Crippen molar-refractivity contribution in [3.8, 4) is 0 Å². The van der Waals surface area contributed by atoms with E-state index in [0.717, 1.165) is 25.2 Å². The third-order valence-corrected chi connectivity index (χ3v) is 4.15. The van der Waals surface area contributed by atoms with E-state index in [4.69, 9.17) is 10.5 Å². The molecule has 4 unspecified atom stereocenters. The van der Waals surface area contributed by atoms with Crippen LogP contribution in [-0.2, 0) is 9.53 Å². The summed E-state index contributed by atoms with van der Waals surface area (Å²) in [7, 11) is 0. The summed E-state index contributed by atoms with van der Waals surface area (Å²) in [4.78, 5) is 11.6. The monoisotopic (exact) mass is 244 g/mol. The highest BCUT2D eigenvalue weighted by Gasteiger charge is 2.50. The lowest BCUT2D eigenvalue weighted by molar-refractivity contribution is -0.139. The van der Waals surface area contributed by atoms with E-state index in [2.05, 4.69) is 5.32 Å². The van der Waals surface area contributed by atoms with Gasteiger partial charge in [-0.05, 0) is 19.1 Å². The molecule has 1 aliphatic heterocycles. The van der Waals surface area contributed by atoms with Crippen LogP contribution in [0.2, 0.25) is 0 Å². The lowest BCUT2D eigenvalue weighted by atomic mass is 9.68. The summed E-state index contributed by atoms with van der Waals surface area (Å²) >= 11 is 1.68. The lowest BCUT2D eigenvalue weighted by Crippen LogP contribution is -2.72. The van der Waals surface area contributed by atoms with Crippen molar-refractivity contribution in [3.05, 3.63) is 0 Å². The Kier molecular flexibility index (Phi) is 4.10. The van der Waals surface area contributed by atoms with Crippen LogP contribution in [0.3, 0.4) is 0 Å². The van der Waals surface area contributed by atoms with Crippen molar-refractivity contribution in [1.82, 2.24) is 5.32 Å². The fraction of sp³-hybridized carbons (Fsp3) is 0.909. The summed E-state index contributed by atoms with van der Waals surface area (Å²) in [5.41, 5.74) is 6.05. The Morgan fingerprint density at radius 1 is 1.62 bits per heavy atom. The topological polar surface area (TPSA) is 64.4 Å². The number of fused-ring (bicyclic) bond motifs is 1. The van der Waals surface area contributed by atoms with E-state index in [1.54, 1.807) is 11.8 Å². The summed E-state index contributed by atoms with van der Waals surface area (Å²) in [6.07, 6.45) is 4.98. The molecule has 5 heteroatoms. The van der Waals surface area contributed by atoms with E-state index in [0.29, 0.717) is 12.3 Å². The van der Waals surface area contributed by atoms with E-state index in [1.165, 1.54) is 0 Å². The van der Waals surface area contributed by atoms with Crippen LogP contribution in [0.4, 0.5) is 0 Å². The summed E-state index contributed by atoms with van der Waals surface area (Å²) in [6, 6.07) is 0.128. The molecular weight excluding hydrogens is 224 g/mol. The third-order valence-electron chi connectivity index (χ3n) is 3.54. The fourth-order valence-electron chi connectivity index (χ4n) is 2.58. The smallest absolute Gasteiger partial charge is 0.221 e. The largest absolute Gasteiger partial charge is 0.376 e. The van der Waals surface area contributed by atoms with Gasteiger partial charge in [0.15, 0.2) is 0 Å². The summed E-state index contributed by atoms with van der Waals surface area (Å²) in [5.74, 6) is 1.42. The lowest BCUT2D eigenvalue weighted by Gasteiger charge is -2.52. The zero-order valence-electron chi connectivity index (χ0n) is 9.65. The first-order valence-corrected chi connectivity index (χ1v) is 7.29. The van der Waals surface area contributed by atoms with Crippen LogP contribution >= 0.6 is 11.8 Å². The van der Waals surface area contributed by atoms with Gasteiger partial charge in [0, 0.05) is 30.7 Å². The van der Waals surface area contributed by atoms with Crippen LogP contribution in [0, 0.1) is 5.92 Å². The van der Waals surface area contributed by atoms with Crippen molar-refractivity contribution in [2.24, 2.45) is 11.7 Å². The van der Waals surface area contributed by atoms with Gasteiger partial charge in [-0.15, -0.1) is 0 Å². The normalized spacial score (nSPS) is 37.4. The number of hydrogen-bond acceptors (Lipinski definition) is 4. The van der Waals surface area contributed by atoms with Gasteiger partial charge in [0.1, 0.15) is 0 Å². The maximum Gasteiger partial charge on any atom is 0.221 e. The molecular formula is C11H20N2O2S. The molecule has 0 bridgehead atoms. The molecule has 0 radical (unpaired) electrons. The Balaban J connectivity index is 1.79. The highest BCUT2D eigenvalue weighted by atomic mass is 32.2.